The van der Waals surface area contributed by atoms with E-state index in [-0.39, 0.29) is 5.41 Å². The van der Waals surface area contributed by atoms with Gasteiger partial charge in [-0.25, -0.2) is 0 Å². The number of fused-ring (bicyclic) bond motifs is 7. The van der Waals surface area contributed by atoms with Crippen LogP contribution in [0.1, 0.15) is 36.1 Å². The van der Waals surface area contributed by atoms with Crippen LogP contribution in [0.25, 0.3) is 43.4 Å². The number of nitrogens with zero attached hydrogens (tertiary/aromatic N) is 3. The Balaban J connectivity index is 1.54. The quantitative estimate of drug-likeness (QED) is 0.197. The van der Waals surface area contributed by atoms with E-state index in [1.807, 2.05) is 6.07 Å². The molecule has 0 aliphatic carbocycles. The van der Waals surface area contributed by atoms with Crippen LogP contribution in [0.15, 0.2) is 127 Å². The summed E-state index contributed by atoms with van der Waals surface area (Å²) in [5.41, 5.74) is 8.41. The van der Waals surface area contributed by atoms with Crippen LogP contribution in [-0.2, 0) is 5.41 Å². The standard InChI is InChI=1S/C41H27N3/c1-41(2)34-18-7-9-20-36(34)44(37-21-10-8-19-35(37)41)38-23-28-22-33(39-26(24-42)12-11-13-27(39)25-43)29-14-3-5-16-31(29)40(28)32-17-6-4-15-30(32)38/h3-23H,1-2H3. The smallest absolute Gasteiger partial charge is 0.0998 e. The third kappa shape index (κ3) is 3.54. The van der Waals surface area contributed by atoms with Gasteiger partial charge in [-0.3, -0.25) is 0 Å². The average molecular weight is 562 g/mol. The molecule has 0 bridgehead atoms. The lowest BCUT2D eigenvalue weighted by atomic mass is 9.73. The van der Waals surface area contributed by atoms with Gasteiger partial charge in [0, 0.05) is 16.4 Å². The molecule has 1 aliphatic heterocycles. The minimum Gasteiger partial charge on any atom is -0.309 e. The van der Waals surface area contributed by atoms with E-state index >= 15 is 0 Å². The summed E-state index contributed by atoms with van der Waals surface area (Å²) in [6.45, 7) is 4.61. The molecule has 0 unspecified atom stereocenters. The van der Waals surface area contributed by atoms with E-state index in [9.17, 15) is 10.5 Å². The highest BCUT2D eigenvalue weighted by atomic mass is 15.2. The highest BCUT2D eigenvalue weighted by Crippen LogP contribution is 2.54. The maximum Gasteiger partial charge on any atom is 0.0998 e. The zero-order valence-electron chi connectivity index (χ0n) is 24.5. The number of hydrogen-bond donors (Lipinski definition) is 0. The van der Waals surface area contributed by atoms with Gasteiger partial charge in [0.1, 0.15) is 0 Å². The van der Waals surface area contributed by atoms with Crippen LogP contribution >= 0.6 is 0 Å². The Bertz CT molecular complexity index is 2320. The first-order chi connectivity index (χ1) is 21.5. The van der Waals surface area contributed by atoms with Gasteiger partial charge >= 0.3 is 0 Å². The molecule has 206 valence electrons. The van der Waals surface area contributed by atoms with Crippen molar-refractivity contribution in [2.24, 2.45) is 0 Å². The summed E-state index contributed by atoms with van der Waals surface area (Å²) in [4.78, 5) is 2.41. The number of hydrogen-bond acceptors (Lipinski definition) is 3. The van der Waals surface area contributed by atoms with Crippen LogP contribution in [0.5, 0.6) is 0 Å². The molecule has 0 spiro atoms. The molecule has 7 aromatic rings. The average Bonchev–Trinajstić information content (AvgIpc) is 3.07. The third-order valence-electron chi connectivity index (χ3n) is 9.29. The van der Waals surface area contributed by atoms with Gasteiger partial charge in [0.15, 0.2) is 0 Å². The van der Waals surface area contributed by atoms with Crippen molar-refractivity contribution in [1.29, 1.82) is 10.5 Å². The second kappa shape index (κ2) is 9.56. The number of nitriles is 2. The van der Waals surface area contributed by atoms with Crippen LogP contribution < -0.4 is 4.90 Å². The first-order valence-corrected chi connectivity index (χ1v) is 14.8. The summed E-state index contributed by atoms with van der Waals surface area (Å²) in [5, 5.41) is 26.9. The number of benzene rings is 7. The van der Waals surface area contributed by atoms with Gasteiger partial charge in [-0.15, -0.1) is 0 Å². The third-order valence-corrected chi connectivity index (χ3v) is 9.29. The molecular formula is C41H27N3. The van der Waals surface area contributed by atoms with E-state index < -0.39 is 0 Å². The normalized spacial score (nSPS) is 13.3. The summed E-state index contributed by atoms with van der Waals surface area (Å²) < 4.78 is 0. The molecule has 0 saturated carbocycles. The fourth-order valence-electron chi connectivity index (χ4n) is 7.31. The SMILES string of the molecule is CC1(C)c2ccccc2N(c2cc3cc(-c4c(C#N)cccc4C#N)c4ccccc4c3c3ccccc23)c2ccccc21. The van der Waals surface area contributed by atoms with E-state index in [0.717, 1.165) is 43.6 Å². The Morgan fingerprint density at radius 2 is 1.02 bits per heavy atom. The number of para-hydroxylation sites is 2. The van der Waals surface area contributed by atoms with Gasteiger partial charge in [0.25, 0.3) is 0 Å². The minimum absolute atomic E-state index is 0.158. The zero-order valence-corrected chi connectivity index (χ0v) is 24.5. The molecule has 0 N–H and O–H groups in total. The highest BCUT2D eigenvalue weighted by Gasteiger charge is 2.37. The van der Waals surface area contributed by atoms with Crippen LogP contribution in [-0.4, -0.2) is 0 Å². The molecule has 0 atom stereocenters. The summed E-state index contributed by atoms with van der Waals surface area (Å²) in [6, 6.07) is 49.0. The van der Waals surface area contributed by atoms with Gasteiger partial charge in [-0.2, -0.15) is 10.5 Å². The molecule has 7 aromatic carbocycles. The Morgan fingerprint density at radius 3 is 1.61 bits per heavy atom. The largest absolute Gasteiger partial charge is 0.309 e. The summed E-state index contributed by atoms with van der Waals surface area (Å²) >= 11 is 0. The number of rotatable bonds is 2. The second-order valence-electron chi connectivity index (χ2n) is 12.0. The van der Waals surface area contributed by atoms with Crippen LogP contribution in [0.3, 0.4) is 0 Å². The fourth-order valence-corrected chi connectivity index (χ4v) is 7.31. The van der Waals surface area contributed by atoms with Crippen LogP contribution in [0.2, 0.25) is 0 Å². The Hall–Kier alpha value is -5.90. The van der Waals surface area contributed by atoms with Crippen molar-refractivity contribution >= 4 is 49.4 Å². The summed E-state index contributed by atoms with van der Waals surface area (Å²) in [7, 11) is 0. The Morgan fingerprint density at radius 1 is 0.523 bits per heavy atom. The van der Waals surface area contributed by atoms with Gasteiger partial charge in [0.2, 0.25) is 0 Å². The van der Waals surface area contributed by atoms with E-state index in [1.165, 1.54) is 22.5 Å². The highest BCUT2D eigenvalue weighted by molar-refractivity contribution is 6.26. The Kier molecular flexibility index (Phi) is 5.60. The van der Waals surface area contributed by atoms with Gasteiger partial charge < -0.3 is 4.90 Å². The van der Waals surface area contributed by atoms with Crippen molar-refractivity contribution in [3.63, 3.8) is 0 Å². The lowest BCUT2D eigenvalue weighted by molar-refractivity contribution is 0.632. The molecule has 3 heteroatoms. The molecule has 0 fully saturated rings. The molecule has 0 aromatic heterocycles. The minimum atomic E-state index is -0.158. The lowest BCUT2D eigenvalue weighted by Crippen LogP contribution is -2.30. The molecule has 0 saturated heterocycles. The van der Waals surface area contributed by atoms with E-state index in [1.54, 1.807) is 18.2 Å². The monoisotopic (exact) mass is 561 g/mol. The van der Waals surface area contributed by atoms with E-state index in [4.69, 9.17) is 0 Å². The number of anilines is 3. The van der Waals surface area contributed by atoms with Crippen molar-refractivity contribution < 1.29 is 0 Å². The first kappa shape index (κ1) is 25.8. The zero-order chi connectivity index (χ0) is 30.0. The van der Waals surface area contributed by atoms with Crippen LogP contribution in [0, 0.1) is 22.7 Å². The maximum absolute atomic E-state index is 10.1. The van der Waals surface area contributed by atoms with Crippen molar-refractivity contribution in [3.05, 3.63) is 150 Å². The molecule has 0 radical (unpaired) electrons. The van der Waals surface area contributed by atoms with Gasteiger partial charge in [0.05, 0.1) is 40.3 Å². The molecule has 1 heterocycles. The Labute approximate surface area is 256 Å². The van der Waals surface area contributed by atoms with Crippen molar-refractivity contribution in [1.82, 2.24) is 0 Å². The first-order valence-electron chi connectivity index (χ1n) is 14.8. The molecule has 3 nitrogen and oxygen atoms in total. The molecule has 8 rings (SSSR count). The fraction of sp³-hybridized carbons (Fsp3) is 0.0732. The maximum atomic E-state index is 10.1. The van der Waals surface area contributed by atoms with Crippen molar-refractivity contribution in [2.45, 2.75) is 19.3 Å². The van der Waals surface area contributed by atoms with Crippen molar-refractivity contribution in [2.75, 3.05) is 4.90 Å². The predicted octanol–water partition coefficient (Wildman–Crippen LogP) is 10.7. The molecule has 44 heavy (non-hydrogen) atoms. The van der Waals surface area contributed by atoms with Crippen molar-refractivity contribution in [3.8, 4) is 23.3 Å². The predicted molar refractivity (Wildman–Crippen MR) is 181 cm³/mol. The van der Waals surface area contributed by atoms with Crippen LogP contribution in [0.4, 0.5) is 17.1 Å². The molecule has 1 aliphatic rings. The molecular weight excluding hydrogens is 534 g/mol. The summed E-state index contributed by atoms with van der Waals surface area (Å²) in [5.74, 6) is 0. The lowest BCUT2D eigenvalue weighted by Gasteiger charge is -2.42. The summed E-state index contributed by atoms with van der Waals surface area (Å²) in [6.07, 6.45) is 0. The van der Waals surface area contributed by atoms with Gasteiger partial charge in [-0.1, -0.05) is 105 Å². The molecule has 0 amide bonds. The van der Waals surface area contributed by atoms with E-state index in [2.05, 4.69) is 134 Å². The van der Waals surface area contributed by atoms with Gasteiger partial charge in [-0.05, 0) is 80.0 Å². The second-order valence-corrected chi connectivity index (χ2v) is 12.0. The van der Waals surface area contributed by atoms with E-state index in [0.29, 0.717) is 16.7 Å². The topological polar surface area (TPSA) is 50.8 Å².